The molecule has 4 heteroatoms. The van der Waals surface area contributed by atoms with Crippen molar-refractivity contribution in [2.45, 2.75) is 76.7 Å². The van der Waals surface area contributed by atoms with Crippen molar-refractivity contribution in [2.24, 2.45) is 4.99 Å². The zero-order valence-electron chi connectivity index (χ0n) is 38.7. The minimum atomic E-state index is 0.143. The summed E-state index contributed by atoms with van der Waals surface area (Å²) in [6, 6.07) is 32.6. The second kappa shape index (κ2) is 16.1. The van der Waals surface area contributed by atoms with Crippen LogP contribution in [0, 0.1) is 11.3 Å². The molecule has 330 valence electrons. The molecule has 3 heterocycles. The van der Waals surface area contributed by atoms with Gasteiger partial charge in [0.1, 0.15) is 5.65 Å². The minimum absolute atomic E-state index is 0.143. The number of nitriles is 1. The van der Waals surface area contributed by atoms with Crippen LogP contribution in [0.4, 0.5) is 0 Å². The molecule has 1 aliphatic heterocycles. The monoisotopic (exact) mass is 886 g/mol. The van der Waals surface area contributed by atoms with Gasteiger partial charge in [0.15, 0.2) is 0 Å². The second-order valence-corrected chi connectivity index (χ2v) is 19.7. The van der Waals surface area contributed by atoms with Crippen molar-refractivity contribution in [3.05, 3.63) is 201 Å². The van der Waals surface area contributed by atoms with Gasteiger partial charge >= 0.3 is 0 Å². The van der Waals surface area contributed by atoms with Crippen LogP contribution >= 0.6 is 0 Å². The van der Waals surface area contributed by atoms with Gasteiger partial charge in [-0.05, 0) is 206 Å². The summed E-state index contributed by atoms with van der Waals surface area (Å²) < 4.78 is 2.31. The van der Waals surface area contributed by atoms with E-state index in [0.29, 0.717) is 5.56 Å². The molecule has 1 unspecified atom stereocenters. The number of aliphatic imine (C=N–C) groups is 1. The molecule has 0 N–H and O–H groups in total. The number of hydrogen-bond donors (Lipinski definition) is 0. The van der Waals surface area contributed by atoms with Gasteiger partial charge in [-0.25, -0.2) is 4.98 Å². The van der Waals surface area contributed by atoms with Gasteiger partial charge in [0.05, 0.1) is 23.2 Å². The highest BCUT2D eigenvalue weighted by atomic mass is 15.1. The predicted molar refractivity (Wildman–Crippen MR) is 289 cm³/mol. The molecule has 14 rings (SSSR count). The Hall–Kier alpha value is -7.87. The van der Waals surface area contributed by atoms with Crippen LogP contribution in [0.5, 0.6) is 0 Å². The fourth-order valence-corrected chi connectivity index (χ4v) is 12.8. The molecule has 6 aromatic carbocycles. The lowest BCUT2D eigenvalue weighted by atomic mass is 9.73. The Kier molecular flexibility index (Phi) is 9.41. The molecule has 0 fully saturated rings. The van der Waals surface area contributed by atoms with Gasteiger partial charge in [0.2, 0.25) is 0 Å². The summed E-state index contributed by atoms with van der Waals surface area (Å²) >= 11 is 0. The molecular weight excluding hydrogens is 837 g/mol. The number of aryl methyl sites for hydroxylation is 1. The molecule has 0 amide bonds. The molecule has 2 aromatic heterocycles. The lowest BCUT2D eigenvalue weighted by molar-refractivity contribution is 0.643. The van der Waals surface area contributed by atoms with Crippen LogP contribution in [0.3, 0.4) is 0 Å². The Morgan fingerprint density at radius 1 is 0.580 bits per heavy atom. The summed E-state index contributed by atoms with van der Waals surface area (Å²) in [6.07, 6.45) is 42.8. The maximum atomic E-state index is 10.3. The van der Waals surface area contributed by atoms with E-state index in [1.165, 1.54) is 99.4 Å². The Morgan fingerprint density at radius 2 is 1.33 bits per heavy atom. The van der Waals surface area contributed by atoms with Crippen molar-refractivity contribution >= 4 is 79.1 Å². The first-order chi connectivity index (χ1) is 34.2. The normalized spacial score (nSPS) is 17.8. The van der Waals surface area contributed by atoms with Crippen molar-refractivity contribution in [2.75, 3.05) is 0 Å². The van der Waals surface area contributed by atoms with Crippen LogP contribution < -0.4 is 0 Å². The fourth-order valence-electron chi connectivity index (χ4n) is 12.8. The van der Waals surface area contributed by atoms with Crippen LogP contribution in [-0.2, 0) is 25.7 Å². The van der Waals surface area contributed by atoms with Crippen molar-refractivity contribution in [1.29, 1.82) is 5.26 Å². The molecule has 1 atom stereocenters. The molecule has 6 aliphatic rings. The van der Waals surface area contributed by atoms with Gasteiger partial charge in [-0.1, -0.05) is 121 Å². The van der Waals surface area contributed by atoms with Crippen LogP contribution in [-0.4, -0.2) is 15.3 Å². The first-order valence-corrected chi connectivity index (χ1v) is 25.2. The van der Waals surface area contributed by atoms with Crippen molar-refractivity contribution in [3.63, 3.8) is 0 Å². The van der Waals surface area contributed by atoms with Crippen molar-refractivity contribution in [1.82, 2.24) is 9.55 Å². The summed E-state index contributed by atoms with van der Waals surface area (Å²) in [7, 11) is 0. The van der Waals surface area contributed by atoms with E-state index in [1.54, 1.807) is 6.20 Å². The van der Waals surface area contributed by atoms with E-state index in [0.717, 1.165) is 104 Å². The van der Waals surface area contributed by atoms with Crippen molar-refractivity contribution < 1.29 is 0 Å². The predicted octanol–water partition coefficient (Wildman–Crippen LogP) is 16.2. The highest BCUT2D eigenvalue weighted by molar-refractivity contribution is 6.18. The first kappa shape index (κ1) is 40.2. The third kappa shape index (κ3) is 6.33. The maximum absolute atomic E-state index is 10.3. The molecule has 0 saturated heterocycles. The number of rotatable bonds is 5. The van der Waals surface area contributed by atoms with Crippen LogP contribution in [0.1, 0.15) is 112 Å². The van der Waals surface area contributed by atoms with Crippen LogP contribution in [0.2, 0.25) is 0 Å². The summed E-state index contributed by atoms with van der Waals surface area (Å²) in [5.41, 5.74) is 24.5. The average Bonchev–Trinajstić information content (AvgIpc) is 3.75. The largest absolute Gasteiger partial charge is 0.318 e. The van der Waals surface area contributed by atoms with Crippen LogP contribution in [0.15, 0.2) is 145 Å². The van der Waals surface area contributed by atoms with Gasteiger partial charge < -0.3 is 4.57 Å². The van der Waals surface area contributed by atoms with E-state index in [-0.39, 0.29) is 6.04 Å². The van der Waals surface area contributed by atoms with Gasteiger partial charge in [0.25, 0.3) is 0 Å². The highest BCUT2D eigenvalue weighted by Crippen LogP contribution is 2.52. The summed E-state index contributed by atoms with van der Waals surface area (Å²) in [5, 5.41) is 17.6. The van der Waals surface area contributed by atoms with Gasteiger partial charge in [-0.15, -0.1) is 0 Å². The molecule has 0 saturated carbocycles. The quantitative estimate of drug-likeness (QED) is 0.173. The van der Waals surface area contributed by atoms with E-state index < -0.39 is 0 Å². The van der Waals surface area contributed by atoms with Crippen molar-refractivity contribution in [3.8, 4) is 28.3 Å². The third-order valence-corrected chi connectivity index (χ3v) is 16.0. The Labute approximate surface area is 403 Å². The molecule has 5 aliphatic carbocycles. The Bertz CT molecular complexity index is 3880. The zero-order chi connectivity index (χ0) is 45.6. The van der Waals surface area contributed by atoms with E-state index in [2.05, 4.69) is 163 Å². The van der Waals surface area contributed by atoms with Crippen LogP contribution in [0.25, 0.3) is 95.6 Å². The fraction of sp³-hybridized carbons (Fsp3) is 0.185. The molecule has 69 heavy (non-hydrogen) atoms. The van der Waals surface area contributed by atoms with E-state index in [4.69, 9.17) is 9.98 Å². The molecule has 0 radical (unpaired) electrons. The molecule has 0 spiro atoms. The third-order valence-electron chi connectivity index (χ3n) is 16.0. The number of pyridine rings is 1. The topological polar surface area (TPSA) is 54.0 Å². The van der Waals surface area contributed by atoms with Gasteiger partial charge in [-0.3, -0.25) is 4.99 Å². The number of nitrogens with zero attached hydrogens (tertiary/aromatic N) is 4. The van der Waals surface area contributed by atoms with E-state index >= 15 is 0 Å². The van der Waals surface area contributed by atoms with Gasteiger partial charge in [0, 0.05) is 28.9 Å². The minimum Gasteiger partial charge on any atom is -0.318 e. The standard InChI is InChI=1S/C65H50N4/c66-38-46-32-33-67-65-60(46)57-36-40(28-31-59(57)69(65)48-18-2-1-3-19-48)47-27-30-58(68-39-47)45-26-29-55-56(37-45)64(62-51-22-10-6-16-43(51)35-44-17-7-11-23-52(44)62)54-25-13-12-24-53(54)63(55)61-49-20-8-4-14-41(49)34-42-15-5-9-21-50(42)61/h1-4,6-7,9-10,12,14,16-18,21-22,24,26,28-29,31-37,39,48H,5,8,11,13,15,19-20,23,25,27,30H2. The maximum Gasteiger partial charge on any atom is 0.142 e. The van der Waals surface area contributed by atoms with E-state index in [9.17, 15) is 5.26 Å². The Morgan fingerprint density at radius 3 is 2.16 bits per heavy atom. The lowest BCUT2D eigenvalue weighted by Gasteiger charge is -2.30. The molecule has 0 bridgehead atoms. The van der Waals surface area contributed by atoms with Gasteiger partial charge in [-0.2, -0.15) is 5.26 Å². The number of fused-ring (bicyclic) bond motifs is 9. The molecule has 8 aromatic rings. The first-order valence-electron chi connectivity index (χ1n) is 25.2. The average molecular weight is 887 g/mol. The molecular formula is C65H50N4. The number of aromatic nitrogens is 2. The summed E-state index contributed by atoms with van der Waals surface area (Å²) in [5.74, 6) is 0. The zero-order valence-corrected chi connectivity index (χ0v) is 38.7. The van der Waals surface area contributed by atoms with E-state index in [1.807, 2.05) is 6.07 Å². The summed E-state index contributed by atoms with van der Waals surface area (Å²) in [6.45, 7) is 0. The highest BCUT2D eigenvalue weighted by Gasteiger charge is 2.30. The Balaban J connectivity index is 0.985. The number of hydrogen-bond acceptors (Lipinski definition) is 3. The summed E-state index contributed by atoms with van der Waals surface area (Å²) in [4.78, 5) is 10.2. The SMILES string of the molecule is N#Cc1ccnc2c1c1cc(C3=CN=C(c4ccc5c(-c6c7c(cc8c6CCC=C8)CCC=C7)c6c(c(-c7c8c(cc9ccccc79)C=CCC8)c5c4)CCC=C6)CC3)ccc1n2C1C=CC=CC1. The molecule has 4 nitrogen and oxygen atoms in total. The number of benzene rings is 6. The smallest absolute Gasteiger partial charge is 0.142 e. The number of allylic oxidation sites excluding steroid dienone is 9. The second-order valence-electron chi connectivity index (χ2n) is 19.7. The lowest BCUT2D eigenvalue weighted by Crippen LogP contribution is -2.11.